The molecule has 17 heavy (non-hydrogen) atoms. The van der Waals surface area contributed by atoms with Crippen molar-refractivity contribution in [1.82, 2.24) is 19.6 Å². The van der Waals surface area contributed by atoms with E-state index in [0.717, 1.165) is 50.2 Å². The second-order valence-electron chi connectivity index (χ2n) is 4.63. The number of aromatic nitrogens is 2. The average Bonchev–Trinajstić information content (AvgIpc) is 2.79. The predicted octanol–water partition coefficient (Wildman–Crippen LogP) is 0.979. The zero-order valence-electron chi connectivity index (χ0n) is 10.6. The molecule has 1 aliphatic heterocycles. The molecule has 1 aromatic heterocycles. The van der Waals surface area contributed by atoms with E-state index in [0.29, 0.717) is 5.92 Å². The summed E-state index contributed by atoms with van der Waals surface area (Å²) in [6.07, 6.45) is 0. The first-order chi connectivity index (χ1) is 8.25. The van der Waals surface area contributed by atoms with Gasteiger partial charge in [-0.2, -0.15) is 4.37 Å². The fraction of sp³-hybridized carbons (Fsp3) is 0.818. The summed E-state index contributed by atoms with van der Waals surface area (Å²) in [6.45, 7) is 10.8. The Bertz CT molecular complexity index is 332. The molecule has 0 spiro atoms. The van der Waals surface area contributed by atoms with Crippen molar-refractivity contribution in [3.8, 4) is 0 Å². The summed E-state index contributed by atoms with van der Waals surface area (Å²) in [4.78, 5) is 6.92. The topological polar surface area (TPSA) is 53.1 Å². The molecule has 0 radical (unpaired) electrons. The van der Waals surface area contributed by atoms with E-state index in [1.54, 1.807) is 0 Å². The lowest BCUT2D eigenvalue weighted by Gasteiger charge is -2.26. The van der Waals surface area contributed by atoms with E-state index in [1.807, 2.05) is 0 Å². The molecule has 0 aromatic carbocycles. The second-order valence-corrected chi connectivity index (χ2v) is 5.38. The van der Waals surface area contributed by atoms with Gasteiger partial charge in [-0.1, -0.05) is 13.8 Å². The van der Waals surface area contributed by atoms with Crippen molar-refractivity contribution in [1.29, 1.82) is 0 Å². The van der Waals surface area contributed by atoms with Crippen molar-refractivity contribution in [2.45, 2.75) is 19.8 Å². The first-order valence-corrected chi connectivity index (χ1v) is 7.03. The highest BCUT2D eigenvalue weighted by Crippen LogP contribution is 2.16. The zero-order valence-corrected chi connectivity index (χ0v) is 11.4. The highest BCUT2D eigenvalue weighted by molar-refractivity contribution is 7.09. The fourth-order valence-corrected chi connectivity index (χ4v) is 2.53. The maximum absolute atomic E-state index is 4.46. The molecule has 0 atom stereocenters. The van der Waals surface area contributed by atoms with Gasteiger partial charge in [0, 0.05) is 56.7 Å². The number of piperazine rings is 1. The summed E-state index contributed by atoms with van der Waals surface area (Å²) in [7, 11) is 0. The Morgan fingerprint density at radius 3 is 2.82 bits per heavy atom. The van der Waals surface area contributed by atoms with E-state index >= 15 is 0 Å². The third-order valence-electron chi connectivity index (χ3n) is 2.87. The predicted molar refractivity (Wildman–Crippen MR) is 71.8 cm³/mol. The molecule has 1 aliphatic rings. The van der Waals surface area contributed by atoms with Crippen molar-refractivity contribution in [2.75, 3.05) is 44.6 Å². The highest BCUT2D eigenvalue weighted by atomic mass is 32.1. The van der Waals surface area contributed by atoms with Crippen LogP contribution in [-0.4, -0.2) is 53.5 Å². The Labute approximate surface area is 107 Å². The molecule has 0 aliphatic carbocycles. The molecule has 5 nitrogen and oxygen atoms in total. The average molecular weight is 255 g/mol. The van der Waals surface area contributed by atoms with Crippen LogP contribution in [0.25, 0.3) is 0 Å². The van der Waals surface area contributed by atoms with Crippen molar-refractivity contribution >= 4 is 16.7 Å². The van der Waals surface area contributed by atoms with Gasteiger partial charge >= 0.3 is 0 Å². The largest absolute Gasteiger partial charge is 0.359 e. The van der Waals surface area contributed by atoms with E-state index in [4.69, 9.17) is 0 Å². The molecular weight excluding hydrogens is 234 g/mol. The molecular formula is C11H21N5S. The van der Waals surface area contributed by atoms with Gasteiger partial charge in [-0.05, 0) is 0 Å². The lowest BCUT2D eigenvalue weighted by Crippen LogP contribution is -2.45. The maximum atomic E-state index is 4.46. The summed E-state index contributed by atoms with van der Waals surface area (Å²) < 4.78 is 4.33. The fourth-order valence-electron chi connectivity index (χ4n) is 1.80. The van der Waals surface area contributed by atoms with Crippen LogP contribution < -0.4 is 10.6 Å². The van der Waals surface area contributed by atoms with Gasteiger partial charge in [0.15, 0.2) is 0 Å². The van der Waals surface area contributed by atoms with Gasteiger partial charge in [0.05, 0.1) is 0 Å². The standard InChI is InChI=1S/C11H21N5S/c1-9(2)10-14-11(17-15-10)13-5-8-16-6-3-12-4-7-16/h9,12H,3-8H2,1-2H3,(H,13,14,15). The van der Waals surface area contributed by atoms with Crippen molar-refractivity contribution in [3.05, 3.63) is 5.82 Å². The van der Waals surface area contributed by atoms with E-state index in [-0.39, 0.29) is 0 Å². The molecule has 2 N–H and O–H groups in total. The molecule has 0 unspecified atom stereocenters. The number of anilines is 1. The van der Waals surface area contributed by atoms with Crippen LogP contribution in [0.2, 0.25) is 0 Å². The van der Waals surface area contributed by atoms with Crippen LogP contribution in [0.1, 0.15) is 25.6 Å². The monoisotopic (exact) mass is 255 g/mol. The molecule has 6 heteroatoms. The van der Waals surface area contributed by atoms with Crippen molar-refractivity contribution < 1.29 is 0 Å². The second kappa shape index (κ2) is 6.28. The van der Waals surface area contributed by atoms with Gasteiger partial charge in [-0.3, -0.25) is 4.90 Å². The molecule has 0 bridgehead atoms. The van der Waals surface area contributed by atoms with Crippen LogP contribution in [-0.2, 0) is 0 Å². The summed E-state index contributed by atoms with van der Waals surface area (Å²) in [5.74, 6) is 1.36. The number of hydrogen-bond donors (Lipinski definition) is 2. The number of rotatable bonds is 5. The van der Waals surface area contributed by atoms with E-state index < -0.39 is 0 Å². The van der Waals surface area contributed by atoms with Crippen molar-refractivity contribution in [3.63, 3.8) is 0 Å². The Balaban J connectivity index is 1.70. The molecule has 96 valence electrons. The first kappa shape index (κ1) is 12.7. The van der Waals surface area contributed by atoms with Gasteiger partial charge in [0.1, 0.15) is 5.82 Å². The minimum atomic E-state index is 0.412. The zero-order chi connectivity index (χ0) is 12.1. The number of hydrogen-bond acceptors (Lipinski definition) is 6. The Hall–Kier alpha value is -0.720. The van der Waals surface area contributed by atoms with Crippen LogP contribution in [0.5, 0.6) is 0 Å². The van der Waals surface area contributed by atoms with Crippen molar-refractivity contribution in [2.24, 2.45) is 0 Å². The van der Waals surface area contributed by atoms with Gasteiger partial charge < -0.3 is 10.6 Å². The molecule has 1 saturated heterocycles. The molecule has 1 fully saturated rings. The molecule has 1 aromatic rings. The Kier molecular flexibility index (Phi) is 4.70. The number of nitrogens with zero attached hydrogens (tertiary/aromatic N) is 3. The Morgan fingerprint density at radius 2 is 2.18 bits per heavy atom. The van der Waals surface area contributed by atoms with E-state index in [1.165, 1.54) is 11.5 Å². The summed E-state index contributed by atoms with van der Waals surface area (Å²) >= 11 is 1.46. The van der Waals surface area contributed by atoms with E-state index in [9.17, 15) is 0 Å². The normalized spacial score (nSPS) is 17.6. The minimum Gasteiger partial charge on any atom is -0.359 e. The van der Waals surface area contributed by atoms with Crippen LogP contribution in [0.3, 0.4) is 0 Å². The third kappa shape index (κ3) is 3.90. The molecule has 0 saturated carbocycles. The lowest BCUT2D eigenvalue weighted by atomic mass is 10.2. The Morgan fingerprint density at radius 1 is 1.41 bits per heavy atom. The first-order valence-electron chi connectivity index (χ1n) is 6.26. The minimum absolute atomic E-state index is 0.412. The van der Waals surface area contributed by atoms with Crippen LogP contribution in [0.15, 0.2) is 0 Å². The van der Waals surface area contributed by atoms with Gasteiger partial charge in [0.2, 0.25) is 5.13 Å². The lowest BCUT2D eigenvalue weighted by molar-refractivity contribution is 0.249. The SMILES string of the molecule is CC(C)c1nsc(NCCN2CCNCC2)n1. The van der Waals surface area contributed by atoms with Gasteiger partial charge in [-0.15, -0.1) is 0 Å². The molecule has 2 heterocycles. The summed E-state index contributed by atoms with van der Waals surface area (Å²) in [5, 5.41) is 7.65. The van der Waals surface area contributed by atoms with Crippen LogP contribution in [0, 0.1) is 0 Å². The third-order valence-corrected chi connectivity index (χ3v) is 3.56. The van der Waals surface area contributed by atoms with Crippen LogP contribution >= 0.6 is 11.5 Å². The molecule has 0 amide bonds. The summed E-state index contributed by atoms with van der Waals surface area (Å²) in [5.41, 5.74) is 0. The van der Waals surface area contributed by atoms with E-state index in [2.05, 4.69) is 38.7 Å². The number of nitrogens with one attached hydrogen (secondary N) is 2. The summed E-state index contributed by atoms with van der Waals surface area (Å²) in [6, 6.07) is 0. The van der Waals surface area contributed by atoms with Crippen LogP contribution in [0.4, 0.5) is 5.13 Å². The maximum Gasteiger partial charge on any atom is 0.202 e. The molecule has 2 rings (SSSR count). The smallest absolute Gasteiger partial charge is 0.202 e. The quantitative estimate of drug-likeness (QED) is 0.821. The van der Waals surface area contributed by atoms with Gasteiger partial charge in [-0.25, -0.2) is 4.98 Å². The highest BCUT2D eigenvalue weighted by Gasteiger charge is 2.10. The van der Waals surface area contributed by atoms with Gasteiger partial charge in [0.25, 0.3) is 0 Å².